The fraction of sp³-hybridized carbons (Fsp3) is 0.0909. The average Bonchev–Trinajstić information content (AvgIpc) is 2.74. The van der Waals surface area contributed by atoms with Crippen LogP contribution in [0.4, 0.5) is 0 Å². The molecule has 2 rings (SSSR count). The number of hydrogen-bond acceptors (Lipinski definition) is 4. The molecule has 5 heteroatoms. The number of hydrogen-bond donors (Lipinski definition) is 1. The van der Waals surface area contributed by atoms with E-state index in [-0.39, 0.29) is 0 Å². The van der Waals surface area contributed by atoms with Crippen molar-refractivity contribution in [1.82, 2.24) is 9.55 Å². The van der Waals surface area contributed by atoms with Crippen molar-refractivity contribution in [2.45, 2.75) is 5.03 Å². The van der Waals surface area contributed by atoms with Gasteiger partial charge in [-0.3, -0.25) is 4.79 Å². The summed E-state index contributed by atoms with van der Waals surface area (Å²) < 4.78 is 7.01. The summed E-state index contributed by atoms with van der Waals surface area (Å²) in [7, 11) is 1.56. The lowest BCUT2D eigenvalue weighted by Crippen LogP contribution is -1.96. The maximum Gasteiger partial charge on any atom is 0.150 e. The van der Waals surface area contributed by atoms with Crippen LogP contribution in [0, 0.1) is 0 Å². The maximum atomic E-state index is 10.6. The van der Waals surface area contributed by atoms with Crippen LogP contribution in [-0.2, 0) is 0 Å². The number of methoxy groups -OCH3 is 1. The summed E-state index contributed by atoms with van der Waals surface area (Å²) in [5.74, 6) is 0.621. The first-order chi connectivity index (χ1) is 7.74. The van der Waals surface area contributed by atoms with Crippen LogP contribution in [0.1, 0.15) is 10.4 Å². The molecule has 1 aromatic heterocycles. The molecular formula is C11H10N2O2S. The molecule has 0 amide bonds. The zero-order chi connectivity index (χ0) is 11.5. The second-order valence-electron chi connectivity index (χ2n) is 3.19. The Kier molecular flexibility index (Phi) is 2.96. The number of imidazole rings is 1. The summed E-state index contributed by atoms with van der Waals surface area (Å²) in [6.45, 7) is 0. The molecule has 0 spiro atoms. The zero-order valence-electron chi connectivity index (χ0n) is 8.62. The second kappa shape index (κ2) is 4.40. The van der Waals surface area contributed by atoms with Gasteiger partial charge >= 0.3 is 0 Å². The van der Waals surface area contributed by atoms with Crippen molar-refractivity contribution in [3.63, 3.8) is 0 Å². The van der Waals surface area contributed by atoms with Crippen LogP contribution in [-0.4, -0.2) is 22.9 Å². The van der Waals surface area contributed by atoms with E-state index in [1.807, 2.05) is 0 Å². The highest BCUT2D eigenvalue weighted by Gasteiger charge is 2.06. The highest BCUT2D eigenvalue weighted by molar-refractivity contribution is 7.80. The Morgan fingerprint density at radius 1 is 1.50 bits per heavy atom. The van der Waals surface area contributed by atoms with E-state index >= 15 is 0 Å². The van der Waals surface area contributed by atoms with Gasteiger partial charge < -0.3 is 9.30 Å². The smallest absolute Gasteiger partial charge is 0.150 e. The van der Waals surface area contributed by atoms with Gasteiger partial charge in [-0.25, -0.2) is 4.98 Å². The summed E-state index contributed by atoms with van der Waals surface area (Å²) in [6, 6.07) is 5.21. The summed E-state index contributed by atoms with van der Waals surface area (Å²) in [5, 5.41) is 0.626. The van der Waals surface area contributed by atoms with Gasteiger partial charge in [-0.1, -0.05) is 0 Å². The van der Waals surface area contributed by atoms with E-state index in [0.717, 1.165) is 12.0 Å². The Morgan fingerprint density at radius 2 is 2.31 bits per heavy atom. The van der Waals surface area contributed by atoms with Gasteiger partial charge in [-0.05, 0) is 18.2 Å². The third-order valence-corrected chi connectivity index (χ3v) is 2.42. The Labute approximate surface area is 98.3 Å². The lowest BCUT2D eigenvalue weighted by molar-refractivity contribution is 0.112. The summed E-state index contributed by atoms with van der Waals surface area (Å²) in [5.41, 5.74) is 1.40. The number of benzene rings is 1. The number of carbonyl (C=O) groups excluding carboxylic acids is 1. The fourth-order valence-electron chi connectivity index (χ4n) is 1.42. The molecule has 1 heterocycles. The van der Waals surface area contributed by atoms with Crippen LogP contribution in [0.15, 0.2) is 35.7 Å². The molecular weight excluding hydrogens is 224 g/mol. The highest BCUT2D eigenvalue weighted by Crippen LogP contribution is 2.24. The Hall–Kier alpha value is -1.75. The van der Waals surface area contributed by atoms with Gasteiger partial charge in [0.1, 0.15) is 23.4 Å². The first-order valence-electron chi connectivity index (χ1n) is 4.61. The number of carbonyl (C=O) groups is 1. The van der Waals surface area contributed by atoms with Gasteiger partial charge in [0.25, 0.3) is 0 Å². The molecule has 1 aromatic carbocycles. The van der Waals surface area contributed by atoms with Crippen molar-refractivity contribution in [2.24, 2.45) is 0 Å². The van der Waals surface area contributed by atoms with E-state index in [9.17, 15) is 4.79 Å². The average molecular weight is 234 g/mol. The van der Waals surface area contributed by atoms with Crippen molar-refractivity contribution in [2.75, 3.05) is 7.11 Å². The first-order valence-corrected chi connectivity index (χ1v) is 5.06. The molecule has 16 heavy (non-hydrogen) atoms. The molecule has 82 valence electrons. The fourth-order valence-corrected chi connectivity index (χ4v) is 1.60. The maximum absolute atomic E-state index is 10.6. The highest BCUT2D eigenvalue weighted by atomic mass is 32.1. The molecule has 0 aliphatic heterocycles. The molecule has 0 atom stereocenters. The van der Waals surface area contributed by atoms with Crippen LogP contribution in [0.5, 0.6) is 5.75 Å². The molecule has 0 saturated heterocycles. The molecule has 0 N–H and O–H groups in total. The third-order valence-electron chi connectivity index (χ3n) is 2.19. The van der Waals surface area contributed by atoms with Gasteiger partial charge in [0, 0.05) is 11.8 Å². The molecule has 0 aliphatic carbocycles. The summed E-state index contributed by atoms with van der Waals surface area (Å²) in [6.07, 6.45) is 4.19. The number of aromatic nitrogens is 2. The molecule has 0 bridgehead atoms. The molecule has 0 saturated carbocycles. The van der Waals surface area contributed by atoms with E-state index in [2.05, 4.69) is 17.6 Å². The SMILES string of the molecule is COc1cc(C=O)ccc1-n1cnc(S)c1. The molecule has 0 unspecified atom stereocenters. The van der Waals surface area contributed by atoms with Crippen LogP contribution >= 0.6 is 12.6 Å². The zero-order valence-corrected chi connectivity index (χ0v) is 9.52. The summed E-state index contributed by atoms with van der Waals surface area (Å²) >= 11 is 4.13. The number of nitrogens with zero attached hydrogens (tertiary/aromatic N) is 2. The molecule has 4 nitrogen and oxygen atoms in total. The van der Waals surface area contributed by atoms with Crippen molar-refractivity contribution >= 4 is 18.9 Å². The van der Waals surface area contributed by atoms with Gasteiger partial charge in [0.15, 0.2) is 0 Å². The van der Waals surface area contributed by atoms with Gasteiger partial charge in [-0.2, -0.15) is 0 Å². The minimum atomic E-state index is 0.576. The van der Waals surface area contributed by atoms with E-state index < -0.39 is 0 Å². The second-order valence-corrected chi connectivity index (χ2v) is 3.65. The predicted octanol–water partition coefficient (Wildman–Crippen LogP) is 1.98. The van der Waals surface area contributed by atoms with Crippen molar-refractivity contribution in [3.8, 4) is 11.4 Å². The van der Waals surface area contributed by atoms with Crippen LogP contribution in [0.3, 0.4) is 0 Å². The Bertz CT molecular complexity index is 522. The van der Waals surface area contributed by atoms with Gasteiger partial charge in [0.2, 0.25) is 0 Å². The standard InChI is InChI=1S/C11H10N2O2S/c1-15-10-4-8(6-14)2-3-9(10)13-5-11(16)12-7-13/h2-7,16H,1H3. The lowest BCUT2D eigenvalue weighted by Gasteiger charge is -2.09. The Morgan fingerprint density at radius 3 is 2.88 bits per heavy atom. The third kappa shape index (κ3) is 1.94. The molecule has 0 radical (unpaired) electrons. The predicted molar refractivity (Wildman–Crippen MR) is 62.8 cm³/mol. The monoisotopic (exact) mass is 234 g/mol. The van der Waals surface area contributed by atoms with Crippen molar-refractivity contribution < 1.29 is 9.53 Å². The normalized spacial score (nSPS) is 10.1. The first kappa shape index (κ1) is 10.8. The topological polar surface area (TPSA) is 44.1 Å². The largest absolute Gasteiger partial charge is 0.495 e. The van der Waals surface area contributed by atoms with Crippen molar-refractivity contribution in [3.05, 3.63) is 36.3 Å². The number of rotatable bonds is 3. The van der Waals surface area contributed by atoms with Crippen LogP contribution in [0.2, 0.25) is 0 Å². The van der Waals surface area contributed by atoms with Gasteiger partial charge in [0.05, 0.1) is 12.8 Å². The van der Waals surface area contributed by atoms with Crippen molar-refractivity contribution in [1.29, 1.82) is 0 Å². The summed E-state index contributed by atoms with van der Waals surface area (Å²) in [4.78, 5) is 14.7. The minimum Gasteiger partial charge on any atom is -0.495 e. The van der Waals surface area contributed by atoms with Crippen LogP contribution in [0.25, 0.3) is 5.69 Å². The number of ether oxygens (including phenoxy) is 1. The molecule has 0 aliphatic rings. The quantitative estimate of drug-likeness (QED) is 0.652. The van der Waals surface area contributed by atoms with E-state index in [1.54, 1.807) is 42.4 Å². The molecule has 2 aromatic rings. The van der Waals surface area contributed by atoms with Gasteiger partial charge in [-0.15, -0.1) is 12.6 Å². The van der Waals surface area contributed by atoms with E-state index in [1.165, 1.54) is 0 Å². The van der Waals surface area contributed by atoms with E-state index in [0.29, 0.717) is 16.3 Å². The Balaban J connectivity index is 2.52. The number of aldehydes is 1. The lowest BCUT2D eigenvalue weighted by atomic mass is 10.2. The van der Waals surface area contributed by atoms with E-state index in [4.69, 9.17) is 4.74 Å². The number of thiol groups is 1. The molecule has 0 fully saturated rings. The minimum absolute atomic E-state index is 0.576. The van der Waals surface area contributed by atoms with Crippen LogP contribution < -0.4 is 4.74 Å².